The summed E-state index contributed by atoms with van der Waals surface area (Å²) >= 11 is 0. The molecule has 4 heteroatoms. The Morgan fingerprint density at radius 2 is 1.89 bits per heavy atom. The van der Waals surface area contributed by atoms with Gasteiger partial charge in [0.1, 0.15) is 0 Å². The summed E-state index contributed by atoms with van der Waals surface area (Å²) in [6.45, 7) is 6.88. The molecule has 0 saturated carbocycles. The van der Waals surface area contributed by atoms with E-state index in [0.29, 0.717) is 6.54 Å². The van der Waals surface area contributed by atoms with E-state index in [9.17, 15) is 4.79 Å². The van der Waals surface area contributed by atoms with Crippen LogP contribution in [0.1, 0.15) is 11.1 Å². The molecular formula is C15H23N3O. The second kappa shape index (κ2) is 6.68. The molecule has 1 amide bonds. The van der Waals surface area contributed by atoms with Gasteiger partial charge < -0.3 is 10.2 Å². The van der Waals surface area contributed by atoms with Gasteiger partial charge >= 0.3 is 0 Å². The first-order valence-corrected chi connectivity index (χ1v) is 6.88. The van der Waals surface area contributed by atoms with Crippen LogP contribution in [0.3, 0.4) is 0 Å². The van der Waals surface area contributed by atoms with Gasteiger partial charge in [-0.3, -0.25) is 9.69 Å². The third kappa shape index (κ3) is 4.33. The summed E-state index contributed by atoms with van der Waals surface area (Å²) in [7, 11) is 2.00. The molecule has 1 aromatic rings. The summed E-state index contributed by atoms with van der Waals surface area (Å²) in [5.41, 5.74) is 2.52. The zero-order chi connectivity index (χ0) is 13.7. The van der Waals surface area contributed by atoms with Crippen molar-refractivity contribution in [1.82, 2.24) is 15.1 Å². The number of benzene rings is 1. The highest BCUT2D eigenvalue weighted by Gasteiger charge is 2.17. The Balaban J connectivity index is 1.81. The van der Waals surface area contributed by atoms with Gasteiger partial charge in [0, 0.05) is 32.7 Å². The highest BCUT2D eigenvalue weighted by atomic mass is 16.2. The van der Waals surface area contributed by atoms with Gasteiger partial charge in [-0.15, -0.1) is 0 Å². The molecule has 1 aliphatic rings. The zero-order valence-electron chi connectivity index (χ0n) is 11.9. The number of rotatable bonds is 4. The first-order chi connectivity index (χ1) is 9.15. The van der Waals surface area contributed by atoms with Crippen LogP contribution in [-0.2, 0) is 11.3 Å². The Labute approximate surface area is 115 Å². The topological polar surface area (TPSA) is 35.6 Å². The Hall–Kier alpha value is -1.39. The molecule has 1 saturated heterocycles. The van der Waals surface area contributed by atoms with Crippen LogP contribution in [0.25, 0.3) is 0 Å². The van der Waals surface area contributed by atoms with E-state index in [2.05, 4.69) is 41.4 Å². The smallest absolute Gasteiger partial charge is 0.236 e. The van der Waals surface area contributed by atoms with Crippen LogP contribution < -0.4 is 5.32 Å². The molecule has 0 aromatic heterocycles. The molecular weight excluding hydrogens is 238 g/mol. The summed E-state index contributed by atoms with van der Waals surface area (Å²) in [4.78, 5) is 16.1. The maximum atomic E-state index is 12.1. The van der Waals surface area contributed by atoms with Crippen LogP contribution in [0.5, 0.6) is 0 Å². The van der Waals surface area contributed by atoms with E-state index < -0.39 is 0 Å². The first-order valence-electron chi connectivity index (χ1n) is 6.88. The van der Waals surface area contributed by atoms with Crippen molar-refractivity contribution in [3.63, 3.8) is 0 Å². The molecule has 0 radical (unpaired) electrons. The number of hydrogen-bond acceptors (Lipinski definition) is 3. The summed E-state index contributed by atoms with van der Waals surface area (Å²) in [6.07, 6.45) is 0. The lowest BCUT2D eigenvalue weighted by atomic mass is 10.1. The highest BCUT2D eigenvalue weighted by molar-refractivity contribution is 5.78. The monoisotopic (exact) mass is 261 g/mol. The van der Waals surface area contributed by atoms with Gasteiger partial charge in [0.2, 0.25) is 5.91 Å². The number of carbonyl (C=O) groups excluding carboxylic acids is 1. The molecule has 19 heavy (non-hydrogen) atoms. The second-order valence-electron chi connectivity index (χ2n) is 5.29. The SMILES string of the molecule is Cc1ccc(CN(C)CC(=O)N2CCNCC2)cc1. The van der Waals surface area contributed by atoms with Crippen molar-refractivity contribution in [2.75, 3.05) is 39.8 Å². The molecule has 0 atom stereocenters. The van der Waals surface area contributed by atoms with Crippen molar-refractivity contribution in [2.45, 2.75) is 13.5 Å². The first kappa shape index (κ1) is 14.0. The molecule has 0 aliphatic carbocycles. The van der Waals surface area contributed by atoms with Gasteiger partial charge in [-0.1, -0.05) is 29.8 Å². The number of hydrogen-bond donors (Lipinski definition) is 1. The third-order valence-electron chi connectivity index (χ3n) is 3.45. The maximum Gasteiger partial charge on any atom is 0.236 e. The molecule has 0 bridgehead atoms. The van der Waals surface area contributed by atoms with Crippen LogP contribution in [0.2, 0.25) is 0 Å². The van der Waals surface area contributed by atoms with Crippen LogP contribution >= 0.6 is 0 Å². The minimum Gasteiger partial charge on any atom is -0.339 e. The van der Waals surface area contributed by atoms with Crippen molar-refractivity contribution < 1.29 is 4.79 Å². The minimum atomic E-state index is 0.233. The van der Waals surface area contributed by atoms with Crippen molar-refractivity contribution >= 4 is 5.91 Å². The number of piperazine rings is 1. The number of likely N-dealkylation sites (N-methyl/N-ethyl adjacent to an activating group) is 1. The molecule has 0 unspecified atom stereocenters. The Morgan fingerprint density at radius 3 is 2.53 bits per heavy atom. The van der Waals surface area contributed by atoms with Crippen molar-refractivity contribution in [3.05, 3.63) is 35.4 Å². The molecule has 1 aromatic carbocycles. The van der Waals surface area contributed by atoms with Crippen LogP contribution in [0, 0.1) is 6.92 Å². The molecule has 4 nitrogen and oxygen atoms in total. The fourth-order valence-electron chi connectivity index (χ4n) is 2.31. The molecule has 2 rings (SSSR count). The highest BCUT2D eigenvalue weighted by Crippen LogP contribution is 2.06. The quantitative estimate of drug-likeness (QED) is 0.873. The Morgan fingerprint density at radius 1 is 1.26 bits per heavy atom. The molecule has 1 aliphatic heterocycles. The van der Waals surface area contributed by atoms with Gasteiger partial charge in [0.15, 0.2) is 0 Å². The van der Waals surface area contributed by atoms with Gasteiger partial charge in [-0.05, 0) is 19.5 Å². The molecule has 104 valence electrons. The van der Waals surface area contributed by atoms with Crippen LogP contribution in [0.4, 0.5) is 0 Å². The predicted octanol–water partition coefficient (Wildman–Crippen LogP) is 0.859. The molecule has 1 fully saturated rings. The lowest BCUT2D eigenvalue weighted by Crippen LogP contribution is -2.49. The van der Waals surface area contributed by atoms with E-state index >= 15 is 0 Å². The van der Waals surface area contributed by atoms with E-state index in [0.717, 1.165) is 32.7 Å². The normalized spacial score (nSPS) is 15.8. The van der Waals surface area contributed by atoms with E-state index in [1.54, 1.807) is 0 Å². The largest absolute Gasteiger partial charge is 0.339 e. The standard InChI is InChI=1S/C15H23N3O/c1-13-3-5-14(6-4-13)11-17(2)12-15(19)18-9-7-16-8-10-18/h3-6,16H,7-12H2,1-2H3. The van der Waals surface area contributed by atoms with Crippen molar-refractivity contribution in [1.29, 1.82) is 0 Å². The third-order valence-corrected chi connectivity index (χ3v) is 3.45. The van der Waals surface area contributed by atoms with Crippen LogP contribution in [0.15, 0.2) is 24.3 Å². The summed E-state index contributed by atoms with van der Waals surface area (Å²) in [5, 5.41) is 3.26. The number of nitrogens with one attached hydrogen (secondary N) is 1. The summed E-state index contributed by atoms with van der Waals surface area (Å²) in [6, 6.07) is 8.48. The lowest BCUT2D eigenvalue weighted by molar-refractivity contribution is -0.132. The van der Waals surface area contributed by atoms with Crippen molar-refractivity contribution in [3.8, 4) is 0 Å². The van der Waals surface area contributed by atoms with Gasteiger partial charge in [0.25, 0.3) is 0 Å². The van der Waals surface area contributed by atoms with E-state index in [4.69, 9.17) is 0 Å². The van der Waals surface area contributed by atoms with E-state index in [1.807, 2.05) is 11.9 Å². The average Bonchev–Trinajstić information content (AvgIpc) is 2.42. The molecule has 0 spiro atoms. The van der Waals surface area contributed by atoms with Crippen LogP contribution in [-0.4, -0.2) is 55.5 Å². The predicted molar refractivity (Wildman–Crippen MR) is 77.0 cm³/mol. The Bertz CT molecular complexity index is 410. The number of aryl methyl sites for hydroxylation is 1. The molecule has 1 heterocycles. The van der Waals surface area contributed by atoms with Gasteiger partial charge in [-0.2, -0.15) is 0 Å². The van der Waals surface area contributed by atoms with E-state index in [1.165, 1.54) is 11.1 Å². The number of carbonyl (C=O) groups is 1. The fraction of sp³-hybridized carbons (Fsp3) is 0.533. The minimum absolute atomic E-state index is 0.233. The van der Waals surface area contributed by atoms with E-state index in [-0.39, 0.29) is 5.91 Å². The average molecular weight is 261 g/mol. The molecule has 1 N–H and O–H groups in total. The van der Waals surface area contributed by atoms with Crippen molar-refractivity contribution in [2.24, 2.45) is 0 Å². The van der Waals surface area contributed by atoms with Gasteiger partial charge in [-0.25, -0.2) is 0 Å². The maximum absolute atomic E-state index is 12.1. The summed E-state index contributed by atoms with van der Waals surface area (Å²) in [5.74, 6) is 0.233. The van der Waals surface area contributed by atoms with Gasteiger partial charge in [0.05, 0.1) is 6.54 Å². The second-order valence-corrected chi connectivity index (χ2v) is 5.29. The Kier molecular flexibility index (Phi) is 4.93. The summed E-state index contributed by atoms with van der Waals surface area (Å²) < 4.78 is 0. The number of amides is 1. The fourth-order valence-corrected chi connectivity index (χ4v) is 2.31. The zero-order valence-corrected chi connectivity index (χ0v) is 11.9. The lowest BCUT2D eigenvalue weighted by Gasteiger charge is -2.29. The number of nitrogens with zero attached hydrogens (tertiary/aromatic N) is 2.